The van der Waals surface area contributed by atoms with E-state index in [2.05, 4.69) is 6.58 Å². The van der Waals surface area contributed by atoms with Crippen LogP contribution >= 0.6 is 0 Å². The Hall–Kier alpha value is -3.42. The maximum atomic E-state index is 13.5. The molecule has 7 heteroatoms. The summed E-state index contributed by atoms with van der Waals surface area (Å²) < 4.78 is 16.8. The van der Waals surface area contributed by atoms with Crippen molar-refractivity contribution in [1.82, 2.24) is 4.90 Å². The van der Waals surface area contributed by atoms with Crippen molar-refractivity contribution in [2.75, 3.05) is 13.7 Å². The Morgan fingerprint density at radius 1 is 1.13 bits per heavy atom. The highest BCUT2D eigenvalue weighted by atomic mass is 16.6. The number of methoxy groups -OCH3 is 1. The van der Waals surface area contributed by atoms with E-state index in [1.165, 1.54) is 4.90 Å². The quantitative estimate of drug-likeness (QED) is 0.366. The van der Waals surface area contributed by atoms with Crippen molar-refractivity contribution in [3.8, 4) is 5.75 Å². The number of rotatable bonds is 13. The van der Waals surface area contributed by atoms with Crippen LogP contribution in [0.4, 0.5) is 4.79 Å². The minimum atomic E-state index is -1.05. The van der Waals surface area contributed by atoms with Crippen molar-refractivity contribution >= 4 is 12.0 Å². The summed E-state index contributed by atoms with van der Waals surface area (Å²) in [6, 6.07) is 16.8. The first-order valence-electron chi connectivity index (χ1n) is 13.0. The van der Waals surface area contributed by atoms with Gasteiger partial charge in [0.05, 0.1) is 37.9 Å². The molecule has 0 saturated carbocycles. The molecule has 1 N–H and O–H groups in total. The average molecular weight is 522 g/mol. The van der Waals surface area contributed by atoms with E-state index in [1.807, 2.05) is 80.6 Å². The molecule has 0 aromatic heterocycles. The first-order chi connectivity index (χ1) is 18.3. The molecule has 1 saturated heterocycles. The van der Waals surface area contributed by atoms with Crippen molar-refractivity contribution in [1.29, 1.82) is 0 Å². The van der Waals surface area contributed by atoms with Crippen molar-refractivity contribution in [3.63, 3.8) is 0 Å². The highest BCUT2D eigenvalue weighted by Crippen LogP contribution is 2.29. The molecule has 204 valence electrons. The summed E-state index contributed by atoms with van der Waals surface area (Å²) >= 11 is 0. The zero-order valence-corrected chi connectivity index (χ0v) is 22.7. The number of carbonyl (C=O) groups excluding carboxylic acids is 2. The number of carbonyl (C=O) groups is 2. The van der Waals surface area contributed by atoms with Crippen molar-refractivity contribution in [2.45, 2.75) is 52.0 Å². The van der Waals surface area contributed by atoms with Gasteiger partial charge in [-0.1, -0.05) is 88.0 Å². The smallest absolute Gasteiger partial charge is 0.416 e. The largest absolute Gasteiger partial charge is 0.497 e. The van der Waals surface area contributed by atoms with Crippen LogP contribution in [0.1, 0.15) is 31.9 Å². The molecule has 2 unspecified atom stereocenters. The number of hydrogen-bond acceptors (Lipinski definition) is 6. The Balaban J connectivity index is 1.73. The Morgan fingerprint density at radius 2 is 1.82 bits per heavy atom. The first kappa shape index (κ1) is 29.1. The van der Waals surface area contributed by atoms with Crippen LogP contribution in [0.25, 0.3) is 0 Å². The number of hydrogen-bond donors (Lipinski definition) is 1. The van der Waals surface area contributed by atoms with Crippen molar-refractivity contribution < 1.29 is 28.9 Å². The van der Waals surface area contributed by atoms with E-state index in [0.717, 1.165) is 16.9 Å². The van der Waals surface area contributed by atoms with Crippen LogP contribution in [0.15, 0.2) is 79.4 Å². The standard InChI is InChI=1S/C31H39NO6/c1-6-7-11-21(2)29(37-19-25-14-16-27(36-5)17-15-25)22(3)28(33)23(4)30(34)32-26(20-38-31(32)35)18-24-12-9-8-10-13-24/h6-17,21-23,26,28-29,33H,1,18-20H2,2-5H3/b11-7-/t21?,22-,23+,26?,28-,29-/m0/s1. The number of cyclic esters (lactones) is 1. The molecule has 1 heterocycles. The van der Waals surface area contributed by atoms with Gasteiger partial charge in [-0.05, 0) is 29.7 Å². The highest BCUT2D eigenvalue weighted by Gasteiger charge is 2.43. The molecule has 38 heavy (non-hydrogen) atoms. The number of aliphatic hydroxyl groups is 1. The summed E-state index contributed by atoms with van der Waals surface area (Å²) in [5, 5.41) is 11.3. The molecule has 0 spiro atoms. The molecule has 2 amide bonds. The van der Waals surface area contributed by atoms with E-state index in [4.69, 9.17) is 14.2 Å². The summed E-state index contributed by atoms with van der Waals surface area (Å²) in [7, 11) is 1.62. The molecule has 0 aliphatic carbocycles. The molecule has 7 nitrogen and oxygen atoms in total. The van der Waals surface area contributed by atoms with Crippen molar-refractivity contribution in [2.24, 2.45) is 17.8 Å². The number of amides is 2. The van der Waals surface area contributed by atoms with Gasteiger partial charge in [0.2, 0.25) is 5.91 Å². The number of ether oxygens (including phenoxy) is 3. The van der Waals surface area contributed by atoms with Gasteiger partial charge in [0.15, 0.2) is 0 Å². The van der Waals surface area contributed by atoms with E-state index < -0.39 is 42.1 Å². The summed E-state index contributed by atoms with van der Waals surface area (Å²) in [5.74, 6) is -1.01. The van der Waals surface area contributed by atoms with E-state index in [-0.39, 0.29) is 12.5 Å². The van der Waals surface area contributed by atoms with Crippen LogP contribution in [0.3, 0.4) is 0 Å². The number of benzene rings is 2. The number of allylic oxidation sites excluding steroid dienone is 2. The van der Waals surface area contributed by atoms with Gasteiger partial charge in [-0.3, -0.25) is 4.79 Å². The first-order valence-corrected chi connectivity index (χ1v) is 13.0. The minimum Gasteiger partial charge on any atom is -0.497 e. The lowest BCUT2D eigenvalue weighted by molar-refractivity contribution is -0.140. The second-order valence-corrected chi connectivity index (χ2v) is 9.87. The molecular weight excluding hydrogens is 482 g/mol. The minimum absolute atomic E-state index is 0.0687. The summed E-state index contributed by atoms with van der Waals surface area (Å²) in [6.07, 6.45) is 3.88. The number of aliphatic hydroxyl groups excluding tert-OH is 1. The van der Waals surface area contributed by atoms with Gasteiger partial charge in [0.1, 0.15) is 12.4 Å². The van der Waals surface area contributed by atoms with E-state index in [1.54, 1.807) is 20.1 Å². The van der Waals surface area contributed by atoms with E-state index in [0.29, 0.717) is 13.0 Å². The van der Waals surface area contributed by atoms with Crippen molar-refractivity contribution in [3.05, 3.63) is 90.5 Å². The van der Waals surface area contributed by atoms with Crippen LogP contribution in [0.5, 0.6) is 5.75 Å². The molecule has 3 rings (SSSR count). The fourth-order valence-electron chi connectivity index (χ4n) is 4.84. The number of nitrogens with zero attached hydrogens (tertiary/aromatic N) is 1. The van der Waals surface area contributed by atoms with Crippen LogP contribution in [-0.4, -0.2) is 54.0 Å². The zero-order chi connectivity index (χ0) is 27.7. The number of imide groups is 1. The Labute approximate surface area is 225 Å². The molecule has 0 radical (unpaired) electrons. The third kappa shape index (κ3) is 7.33. The normalized spacial score (nSPS) is 19.4. The van der Waals surface area contributed by atoms with Gasteiger partial charge in [0.25, 0.3) is 0 Å². The third-order valence-corrected chi connectivity index (χ3v) is 7.14. The lowest BCUT2D eigenvalue weighted by atomic mass is 9.83. The van der Waals surface area contributed by atoms with Crippen LogP contribution in [0.2, 0.25) is 0 Å². The van der Waals surface area contributed by atoms with Gasteiger partial charge >= 0.3 is 6.09 Å². The molecule has 1 aliphatic rings. The fourth-order valence-corrected chi connectivity index (χ4v) is 4.84. The third-order valence-electron chi connectivity index (χ3n) is 7.14. The van der Waals surface area contributed by atoms with E-state index in [9.17, 15) is 14.7 Å². The van der Waals surface area contributed by atoms with Gasteiger partial charge in [-0.25, -0.2) is 9.69 Å². The van der Waals surface area contributed by atoms with Gasteiger partial charge in [0, 0.05) is 11.8 Å². The van der Waals surface area contributed by atoms with Gasteiger partial charge in [-0.2, -0.15) is 0 Å². The summed E-state index contributed by atoms with van der Waals surface area (Å²) in [5.41, 5.74) is 1.97. The SMILES string of the molecule is C=C/C=C\C(C)[C@H](OCc1ccc(OC)cc1)[C@@H](C)[C@H](O)[C@@H](C)C(=O)N1C(=O)OCC1Cc1ccccc1. The topological polar surface area (TPSA) is 85.3 Å². The maximum absolute atomic E-state index is 13.5. The second kappa shape index (κ2) is 13.9. The molecule has 0 bridgehead atoms. The average Bonchev–Trinajstić information content (AvgIpc) is 3.30. The zero-order valence-electron chi connectivity index (χ0n) is 22.7. The Kier molecular flexibility index (Phi) is 10.7. The summed E-state index contributed by atoms with van der Waals surface area (Å²) in [4.78, 5) is 27.2. The molecule has 2 aromatic rings. The molecule has 1 fully saturated rings. The van der Waals surface area contributed by atoms with E-state index >= 15 is 0 Å². The maximum Gasteiger partial charge on any atom is 0.416 e. The molecule has 1 aliphatic heterocycles. The van der Waals surface area contributed by atoms with Gasteiger partial charge < -0.3 is 19.3 Å². The Bertz CT molecular complexity index is 1080. The predicted molar refractivity (Wildman–Crippen MR) is 147 cm³/mol. The monoisotopic (exact) mass is 521 g/mol. The Morgan fingerprint density at radius 3 is 2.45 bits per heavy atom. The lowest BCUT2D eigenvalue weighted by Crippen LogP contribution is -2.48. The highest BCUT2D eigenvalue weighted by molar-refractivity contribution is 5.95. The van der Waals surface area contributed by atoms with Gasteiger partial charge in [-0.15, -0.1) is 0 Å². The molecule has 2 aromatic carbocycles. The molecule has 6 atom stereocenters. The van der Waals surface area contributed by atoms with Crippen LogP contribution in [-0.2, 0) is 27.3 Å². The fraction of sp³-hybridized carbons (Fsp3) is 0.419. The van der Waals surface area contributed by atoms with Crippen LogP contribution < -0.4 is 4.74 Å². The molecular formula is C31H39NO6. The predicted octanol–water partition coefficient (Wildman–Crippen LogP) is 5.18. The lowest BCUT2D eigenvalue weighted by Gasteiger charge is -2.34. The van der Waals surface area contributed by atoms with Crippen LogP contribution in [0, 0.1) is 17.8 Å². The second-order valence-electron chi connectivity index (χ2n) is 9.87. The summed E-state index contributed by atoms with van der Waals surface area (Å²) in [6.45, 7) is 9.73.